The number of aromatic amines is 1. The van der Waals surface area contributed by atoms with Gasteiger partial charge < -0.3 is 15.4 Å². The average Bonchev–Trinajstić information content (AvgIpc) is 2.74. The number of fused-ring (bicyclic) bond motifs is 1. The Bertz CT molecular complexity index is 619. The molecule has 5 heteroatoms. The Morgan fingerprint density at radius 1 is 1.40 bits per heavy atom. The van der Waals surface area contributed by atoms with Crippen molar-refractivity contribution >= 4 is 32.7 Å². The van der Waals surface area contributed by atoms with Gasteiger partial charge in [-0.25, -0.2) is 0 Å². The maximum absolute atomic E-state index is 12.3. The number of amides is 1. The molecule has 4 nitrogen and oxygen atoms in total. The number of rotatable bonds is 5. The molecule has 0 aliphatic carbocycles. The minimum atomic E-state index is -0.140. The number of carbonyl (C=O) groups is 1. The summed E-state index contributed by atoms with van der Waals surface area (Å²) >= 11 is 3.47. The van der Waals surface area contributed by atoms with Crippen LogP contribution in [0.25, 0.3) is 10.9 Å². The van der Waals surface area contributed by atoms with Gasteiger partial charge in [0.2, 0.25) is 0 Å². The van der Waals surface area contributed by atoms with Crippen molar-refractivity contribution in [1.82, 2.24) is 10.3 Å². The lowest BCUT2D eigenvalue weighted by Gasteiger charge is -2.23. The van der Waals surface area contributed by atoms with Crippen molar-refractivity contribution in [3.63, 3.8) is 0 Å². The summed E-state index contributed by atoms with van der Waals surface area (Å²) in [6, 6.07) is 7.76. The first-order valence-corrected chi connectivity index (χ1v) is 7.39. The maximum Gasteiger partial charge on any atom is 0.268 e. The first-order chi connectivity index (χ1) is 9.44. The summed E-state index contributed by atoms with van der Waals surface area (Å²) in [6.45, 7) is 4.68. The lowest BCUT2D eigenvalue weighted by atomic mass is 9.90. The van der Waals surface area contributed by atoms with Crippen LogP contribution in [0.3, 0.4) is 0 Å². The van der Waals surface area contributed by atoms with Gasteiger partial charge in [-0.15, -0.1) is 0 Å². The molecule has 0 spiro atoms. The van der Waals surface area contributed by atoms with Crippen molar-refractivity contribution in [3.05, 3.63) is 34.4 Å². The van der Waals surface area contributed by atoms with E-state index in [1.54, 1.807) is 0 Å². The van der Waals surface area contributed by atoms with Gasteiger partial charge in [-0.3, -0.25) is 4.79 Å². The predicted octanol–water partition coefficient (Wildman–Crippen LogP) is 3.07. The Balaban J connectivity index is 2.14. The molecular weight excluding hydrogens is 320 g/mol. The first-order valence-electron chi connectivity index (χ1n) is 6.60. The average molecular weight is 339 g/mol. The predicted molar refractivity (Wildman–Crippen MR) is 83.8 cm³/mol. The fourth-order valence-corrected chi connectivity index (χ4v) is 2.69. The smallest absolute Gasteiger partial charge is 0.268 e. The third kappa shape index (κ3) is 3.22. The second-order valence-electron chi connectivity index (χ2n) is 5.68. The number of aliphatic hydroxyl groups excluding tert-OH is 1. The molecule has 20 heavy (non-hydrogen) atoms. The van der Waals surface area contributed by atoms with Gasteiger partial charge in [0.1, 0.15) is 5.69 Å². The van der Waals surface area contributed by atoms with Crippen LogP contribution in [0.15, 0.2) is 28.7 Å². The van der Waals surface area contributed by atoms with E-state index in [2.05, 4.69) is 26.2 Å². The summed E-state index contributed by atoms with van der Waals surface area (Å²) in [5.74, 6) is -0.140. The molecule has 0 fully saturated rings. The molecule has 1 aromatic carbocycles. The zero-order chi connectivity index (χ0) is 14.8. The Hall–Kier alpha value is -1.33. The molecule has 0 aliphatic heterocycles. The fourth-order valence-electron chi connectivity index (χ4n) is 2.06. The van der Waals surface area contributed by atoms with Gasteiger partial charge in [0.15, 0.2) is 0 Å². The van der Waals surface area contributed by atoms with Gasteiger partial charge in [-0.1, -0.05) is 32.0 Å². The number of nitrogens with one attached hydrogen (secondary N) is 2. The number of aromatic nitrogens is 1. The highest BCUT2D eigenvalue weighted by Crippen LogP contribution is 2.27. The number of H-pyrrole nitrogens is 1. The number of benzene rings is 1. The highest BCUT2D eigenvalue weighted by atomic mass is 79.9. The summed E-state index contributed by atoms with van der Waals surface area (Å²) in [6.07, 6.45) is 0.654. The Morgan fingerprint density at radius 2 is 2.10 bits per heavy atom. The molecule has 1 aromatic heterocycles. The third-order valence-corrected chi connectivity index (χ3v) is 4.21. The summed E-state index contributed by atoms with van der Waals surface area (Å²) in [4.78, 5) is 15.4. The van der Waals surface area contributed by atoms with Crippen molar-refractivity contribution in [2.75, 3.05) is 13.2 Å². The van der Waals surface area contributed by atoms with Crippen molar-refractivity contribution in [2.45, 2.75) is 20.3 Å². The van der Waals surface area contributed by atoms with E-state index in [1.807, 2.05) is 38.1 Å². The van der Waals surface area contributed by atoms with Crippen LogP contribution in [0.2, 0.25) is 0 Å². The van der Waals surface area contributed by atoms with Crippen molar-refractivity contribution in [2.24, 2.45) is 5.41 Å². The molecule has 0 saturated heterocycles. The van der Waals surface area contributed by atoms with E-state index >= 15 is 0 Å². The minimum absolute atomic E-state index is 0.122. The second-order valence-corrected chi connectivity index (χ2v) is 6.47. The Labute approximate surface area is 126 Å². The van der Waals surface area contributed by atoms with Crippen LogP contribution in [-0.4, -0.2) is 29.1 Å². The molecule has 0 bridgehead atoms. The van der Waals surface area contributed by atoms with Gasteiger partial charge in [0.25, 0.3) is 5.91 Å². The lowest BCUT2D eigenvalue weighted by Crippen LogP contribution is -2.34. The van der Waals surface area contributed by atoms with E-state index in [1.165, 1.54) is 0 Å². The number of hydrogen-bond acceptors (Lipinski definition) is 2. The van der Waals surface area contributed by atoms with Crippen molar-refractivity contribution in [3.8, 4) is 0 Å². The van der Waals surface area contributed by atoms with Gasteiger partial charge in [-0.2, -0.15) is 0 Å². The summed E-state index contributed by atoms with van der Waals surface area (Å²) in [5, 5.41) is 12.9. The molecule has 0 aliphatic rings. The molecule has 1 amide bonds. The van der Waals surface area contributed by atoms with E-state index in [4.69, 9.17) is 5.11 Å². The molecule has 108 valence electrons. The summed E-state index contributed by atoms with van der Waals surface area (Å²) < 4.78 is 0.783. The highest BCUT2D eigenvalue weighted by Gasteiger charge is 2.21. The molecule has 1 heterocycles. The van der Waals surface area contributed by atoms with Gasteiger partial charge in [-0.05, 0) is 33.8 Å². The van der Waals surface area contributed by atoms with E-state index in [0.29, 0.717) is 18.7 Å². The largest absolute Gasteiger partial charge is 0.396 e. The van der Waals surface area contributed by atoms with Gasteiger partial charge in [0, 0.05) is 24.1 Å². The zero-order valence-electron chi connectivity index (χ0n) is 11.7. The molecule has 0 unspecified atom stereocenters. The van der Waals surface area contributed by atoms with Crippen molar-refractivity contribution in [1.29, 1.82) is 0 Å². The van der Waals surface area contributed by atoms with Crippen LogP contribution in [0.5, 0.6) is 0 Å². The quantitative estimate of drug-likeness (QED) is 0.784. The molecule has 2 aromatic rings. The van der Waals surface area contributed by atoms with E-state index in [-0.39, 0.29) is 17.9 Å². The van der Waals surface area contributed by atoms with Crippen LogP contribution in [-0.2, 0) is 0 Å². The SMILES string of the molecule is CC(C)(CCO)CNC(=O)c1[nH]c2ccccc2c1Br. The molecule has 0 radical (unpaired) electrons. The minimum Gasteiger partial charge on any atom is -0.396 e. The fraction of sp³-hybridized carbons (Fsp3) is 0.400. The topological polar surface area (TPSA) is 65.1 Å². The summed E-state index contributed by atoms with van der Waals surface area (Å²) in [5.41, 5.74) is 1.34. The van der Waals surface area contributed by atoms with Crippen LogP contribution in [0.4, 0.5) is 0 Å². The molecular formula is C15H19BrN2O2. The highest BCUT2D eigenvalue weighted by molar-refractivity contribution is 9.10. The van der Waals surface area contributed by atoms with Crippen LogP contribution in [0.1, 0.15) is 30.8 Å². The molecule has 0 atom stereocenters. The van der Waals surface area contributed by atoms with Crippen molar-refractivity contribution < 1.29 is 9.90 Å². The number of hydrogen-bond donors (Lipinski definition) is 3. The number of aliphatic hydroxyl groups is 1. The third-order valence-electron chi connectivity index (χ3n) is 3.39. The van der Waals surface area contributed by atoms with E-state index < -0.39 is 0 Å². The van der Waals surface area contributed by atoms with E-state index in [0.717, 1.165) is 15.4 Å². The molecule has 2 rings (SSSR count). The molecule has 3 N–H and O–H groups in total. The zero-order valence-corrected chi connectivity index (χ0v) is 13.3. The monoisotopic (exact) mass is 338 g/mol. The standard InChI is InChI=1S/C15H19BrN2O2/c1-15(2,7-8-19)9-17-14(20)13-12(16)10-5-3-4-6-11(10)18-13/h3-6,18-19H,7-9H2,1-2H3,(H,17,20). The normalized spacial score (nSPS) is 11.8. The second kappa shape index (κ2) is 5.97. The van der Waals surface area contributed by atoms with E-state index in [9.17, 15) is 4.79 Å². The van der Waals surface area contributed by atoms with Crippen LogP contribution < -0.4 is 5.32 Å². The summed E-state index contributed by atoms with van der Waals surface area (Å²) in [7, 11) is 0. The number of carbonyl (C=O) groups excluding carboxylic acids is 1. The first kappa shape index (κ1) is 15.1. The van der Waals surface area contributed by atoms with Crippen LogP contribution >= 0.6 is 15.9 Å². The van der Waals surface area contributed by atoms with Gasteiger partial charge in [0.05, 0.1) is 4.47 Å². The van der Waals surface area contributed by atoms with Gasteiger partial charge >= 0.3 is 0 Å². The Kier molecular flexibility index (Phi) is 4.50. The maximum atomic E-state index is 12.3. The Morgan fingerprint density at radius 3 is 2.75 bits per heavy atom. The number of halogens is 1. The lowest BCUT2D eigenvalue weighted by molar-refractivity contribution is 0.0923. The number of para-hydroxylation sites is 1. The molecule has 0 saturated carbocycles. The van der Waals surface area contributed by atoms with Crippen LogP contribution in [0, 0.1) is 5.41 Å².